The van der Waals surface area contributed by atoms with Gasteiger partial charge in [0.1, 0.15) is 0 Å². The van der Waals surface area contributed by atoms with Crippen molar-refractivity contribution >= 4 is 21.4 Å². The summed E-state index contributed by atoms with van der Waals surface area (Å²) < 4.78 is 27.0. The summed E-state index contributed by atoms with van der Waals surface area (Å²) in [6.07, 6.45) is 4.63. The molecule has 3 rings (SSSR count). The summed E-state index contributed by atoms with van der Waals surface area (Å²) in [5, 5.41) is 3.52. The van der Waals surface area contributed by atoms with Crippen molar-refractivity contribution in [2.75, 3.05) is 26.7 Å². The van der Waals surface area contributed by atoms with Crippen molar-refractivity contribution in [3.05, 3.63) is 46.9 Å². The molecule has 0 bridgehead atoms. The minimum Gasteiger partial charge on any atom is -0.302 e. The summed E-state index contributed by atoms with van der Waals surface area (Å²) in [5.41, 5.74) is 1.07. The molecular weight excluding hydrogens is 342 g/mol. The second-order valence-electron chi connectivity index (χ2n) is 6.17. The Morgan fingerprint density at radius 1 is 1.38 bits per heavy atom. The molecule has 0 saturated carbocycles. The molecule has 2 aromatic heterocycles. The maximum atomic E-state index is 12.7. The second-order valence-corrected chi connectivity index (χ2v) is 8.89. The predicted octanol–water partition coefficient (Wildman–Crippen LogP) is 2.47. The first-order valence-electron chi connectivity index (χ1n) is 8.20. The third-order valence-electron chi connectivity index (χ3n) is 4.56. The van der Waals surface area contributed by atoms with Crippen molar-refractivity contribution in [3.8, 4) is 0 Å². The van der Waals surface area contributed by atoms with Crippen LogP contribution in [-0.4, -0.2) is 55.3 Å². The number of pyridine rings is 1. The minimum absolute atomic E-state index is 0.260. The van der Waals surface area contributed by atoms with Crippen LogP contribution in [0.5, 0.6) is 0 Å². The molecule has 130 valence electrons. The lowest BCUT2D eigenvalue weighted by Crippen LogP contribution is -2.48. The van der Waals surface area contributed by atoms with Crippen LogP contribution in [0.2, 0.25) is 0 Å². The van der Waals surface area contributed by atoms with Gasteiger partial charge in [-0.1, -0.05) is 6.07 Å². The van der Waals surface area contributed by atoms with Crippen LogP contribution in [0.4, 0.5) is 0 Å². The predicted molar refractivity (Wildman–Crippen MR) is 96.7 cm³/mol. The summed E-state index contributed by atoms with van der Waals surface area (Å²) in [6.45, 7) is 2.06. The highest BCUT2D eigenvalue weighted by molar-refractivity contribution is 7.89. The third-order valence-corrected chi connectivity index (χ3v) is 7.26. The van der Waals surface area contributed by atoms with Crippen LogP contribution in [0.25, 0.3) is 0 Å². The van der Waals surface area contributed by atoms with E-state index in [2.05, 4.69) is 16.9 Å². The molecule has 5 nitrogen and oxygen atoms in total. The smallest absolute Gasteiger partial charge is 0.243 e. The molecule has 1 aliphatic heterocycles. The highest BCUT2D eigenvalue weighted by Gasteiger charge is 2.31. The Balaban J connectivity index is 1.61. The molecule has 0 aromatic carbocycles. The van der Waals surface area contributed by atoms with E-state index in [1.54, 1.807) is 15.8 Å². The van der Waals surface area contributed by atoms with Gasteiger partial charge in [0.2, 0.25) is 10.0 Å². The van der Waals surface area contributed by atoms with Crippen molar-refractivity contribution < 1.29 is 8.42 Å². The van der Waals surface area contributed by atoms with E-state index in [4.69, 9.17) is 0 Å². The molecule has 0 N–H and O–H groups in total. The largest absolute Gasteiger partial charge is 0.302 e. The normalized spacial score (nSPS) is 19.7. The minimum atomic E-state index is -3.35. The fraction of sp³-hybridized carbons (Fsp3) is 0.471. The van der Waals surface area contributed by atoms with Crippen molar-refractivity contribution in [3.63, 3.8) is 0 Å². The lowest BCUT2D eigenvalue weighted by Gasteiger charge is -2.36. The van der Waals surface area contributed by atoms with Gasteiger partial charge in [0, 0.05) is 49.4 Å². The molecular formula is C17H23N3O2S2. The molecule has 7 heteroatoms. The summed E-state index contributed by atoms with van der Waals surface area (Å²) >= 11 is 1.42. The Labute approximate surface area is 148 Å². The highest BCUT2D eigenvalue weighted by Crippen LogP contribution is 2.24. The molecule has 0 aliphatic carbocycles. The Bertz CT molecular complexity index is 732. The van der Waals surface area contributed by atoms with E-state index in [-0.39, 0.29) is 6.04 Å². The monoisotopic (exact) mass is 365 g/mol. The van der Waals surface area contributed by atoms with E-state index in [1.807, 2.05) is 29.8 Å². The van der Waals surface area contributed by atoms with E-state index < -0.39 is 10.0 Å². The van der Waals surface area contributed by atoms with Gasteiger partial charge in [-0.15, -0.1) is 0 Å². The maximum Gasteiger partial charge on any atom is 0.243 e. The van der Waals surface area contributed by atoms with Crippen molar-refractivity contribution in [2.45, 2.75) is 30.2 Å². The lowest BCUT2D eigenvalue weighted by atomic mass is 10.1. The van der Waals surface area contributed by atoms with Gasteiger partial charge in [-0.3, -0.25) is 4.98 Å². The summed E-state index contributed by atoms with van der Waals surface area (Å²) in [7, 11) is -1.27. The van der Waals surface area contributed by atoms with Crippen LogP contribution in [0, 0.1) is 0 Å². The quantitative estimate of drug-likeness (QED) is 0.789. The molecule has 3 heterocycles. The zero-order valence-corrected chi connectivity index (χ0v) is 15.5. The number of nitrogens with zero attached hydrogens (tertiary/aromatic N) is 3. The zero-order valence-electron chi connectivity index (χ0n) is 13.8. The third kappa shape index (κ3) is 4.03. The van der Waals surface area contributed by atoms with Gasteiger partial charge in [-0.25, -0.2) is 8.42 Å². The average Bonchev–Trinajstić information content (AvgIpc) is 3.16. The van der Waals surface area contributed by atoms with Crippen molar-refractivity contribution in [2.24, 2.45) is 0 Å². The van der Waals surface area contributed by atoms with Crippen LogP contribution in [0.15, 0.2) is 46.1 Å². The molecule has 1 saturated heterocycles. The second kappa shape index (κ2) is 7.74. The van der Waals surface area contributed by atoms with E-state index in [0.29, 0.717) is 18.0 Å². The number of rotatable bonds is 6. The summed E-state index contributed by atoms with van der Waals surface area (Å²) in [5.74, 6) is 0. The molecule has 1 atom stereocenters. The SMILES string of the molecule is CN(CCc1ccccn1)C1CCCN(S(=O)(=O)c2ccsc2)C1. The van der Waals surface area contributed by atoms with Crippen LogP contribution >= 0.6 is 11.3 Å². The first kappa shape index (κ1) is 17.5. The topological polar surface area (TPSA) is 53.5 Å². The van der Waals surface area contributed by atoms with Gasteiger partial charge in [-0.05, 0) is 43.5 Å². The van der Waals surface area contributed by atoms with E-state index in [9.17, 15) is 8.42 Å². The number of aromatic nitrogens is 1. The van der Waals surface area contributed by atoms with E-state index in [1.165, 1.54) is 11.3 Å². The van der Waals surface area contributed by atoms with Crippen LogP contribution in [0.3, 0.4) is 0 Å². The molecule has 0 radical (unpaired) electrons. The lowest BCUT2D eigenvalue weighted by molar-refractivity contribution is 0.164. The molecule has 2 aromatic rings. The van der Waals surface area contributed by atoms with Gasteiger partial charge >= 0.3 is 0 Å². The summed E-state index contributed by atoms with van der Waals surface area (Å²) in [4.78, 5) is 7.04. The van der Waals surface area contributed by atoms with Crippen molar-refractivity contribution in [1.82, 2.24) is 14.2 Å². The van der Waals surface area contributed by atoms with Crippen molar-refractivity contribution in [1.29, 1.82) is 0 Å². The highest BCUT2D eigenvalue weighted by atomic mass is 32.2. The van der Waals surface area contributed by atoms with Gasteiger partial charge in [-0.2, -0.15) is 15.6 Å². The number of hydrogen-bond acceptors (Lipinski definition) is 5. The molecule has 24 heavy (non-hydrogen) atoms. The van der Waals surface area contributed by atoms with Gasteiger partial charge in [0.15, 0.2) is 0 Å². The number of piperidine rings is 1. The van der Waals surface area contributed by atoms with E-state index >= 15 is 0 Å². The molecule has 1 unspecified atom stereocenters. The van der Waals surface area contributed by atoms with E-state index in [0.717, 1.165) is 31.5 Å². The number of hydrogen-bond donors (Lipinski definition) is 0. The fourth-order valence-electron chi connectivity index (χ4n) is 3.07. The number of thiophene rings is 1. The fourth-order valence-corrected chi connectivity index (χ4v) is 5.60. The summed E-state index contributed by atoms with van der Waals surface area (Å²) in [6, 6.07) is 7.90. The molecule has 1 aliphatic rings. The van der Waals surface area contributed by atoms with Crippen LogP contribution in [0.1, 0.15) is 18.5 Å². The Morgan fingerprint density at radius 2 is 2.25 bits per heavy atom. The Morgan fingerprint density at radius 3 is 2.96 bits per heavy atom. The van der Waals surface area contributed by atoms with Gasteiger partial charge in [0.05, 0.1) is 4.90 Å². The van der Waals surface area contributed by atoms with Crippen LogP contribution in [-0.2, 0) is 16.4 Å². The molecule has 0 amide bonds. The standard InChI is InChI=1S/C17H23N3O2S2/c1-19(11-7-15-5-2-3-9-18-15)16-6-4-10-20(13-16)24(21,22)17-8-12-23-14-17/h2-3,5,8-9,12,14,16H,4,6-7,10-11,13H2,1H3. The molecule has 0 spiro atoms. The van der Waals surface area contributed by atoms with Gasteiger partial charge < -0.3 is 4.90 Å². The maximum absolute atomic E-state index is 12.7. The Hall–Kier alpha value is -1.28. The number of likely N-dealkylation sites (N-methyl/N-ethyl adjacent to an activating group) is 1. The first-order chi connectivity index (χ1) is 11.6. The average molecular weight is 366 g/mol. The van der Waals surface area contributed by atoms with Gasteiger partial charge in [0.25, 0.3) is 0 Å². The zero-order chi connectivity index (χ0) is 17.0. The van der Waals surface area contributed by atoms with Crippen LogP contribution < -0.4 is 0 Å². The Kier molecular flexibility index (Phi) is 5.65. The molecule has 1 fully saturated rings. The number of sulfonamides is 1. The first-order valence-corrected chi connectivity index (χ1v) is 10.6.